The highest BCUT2D eigenvalue weighted by Gasteiger charge is 2.42. The van der Waals surface area contributed by atoms with E-state index in [1.165, 1.54) is 12.1 Å². The third kappa shape index (κ3) is 3.42. The van der Waals surface area contributed by atoms with Crippen molar-refractivity contribution in [3.63, 3.8) is 0 Å². The van der Waals surface area contributed by atoms with Gasteiger partial charge < -0.3 is 15.1 Å². The Balaban J connectivity index is 1.75. The van der Waals surface area contributed by atoms with Gasteiger partial charge in [-0.1, -0.05) is 18.2 Å². The van der Waals surface area contributed by atoms with Crippen LogP contribution >= 0.6 is 0 Å². The number of non-ortho nitro benzene ring substituents is 1. The predicted octanol–water partition coefficient (Wildman–Crippen LogP) is 4.06. The number of nitro benzene ring substituents is 1. The van der Waals surface area contributed by atoms with Gasteiger partial charge >= 0.3 is 12.1 Å². The minimum Gasteiger partial charge on any atom is -0.363 e. The van der Waals surface area contributed by atoms with Crippen LogP contribution in [0.3, 0.4) is 0 Å². The van der Waals surface area contributed by atoms with Crippen LogP contribution in [0.1, 0.15) is 24.4 Å². The fourth-order valence-electron chi connectivity index (χ4n) is 4.29. The number of rotatable bonds is 2. The van der Waals surface area contributed by atoms with Gasteiger partial charge in [-0.25, -0.2) is 0 Å². The lowest BCUT2D eigenvalue weighted by Gasteiger charge is -2.41. The Kier molecular flexibility index (Phi) is 4.79. The normalized spacial score (nSPS) is 20.5. The number of para-hydroxylation sites is 1. The Morgan fingerprint density at radius 1 is 1.17 bits per heavy atom. The molecule has 0 aromatic heterocycles. The average molecular weight is 420 g/mol. The quantitative estimate of drug-likeness (QED) is 0.586. The zero-order valence-corrected chi connectivity index (χ0v) is 16.0. The van der Waals surface area contributed by atoms with Crippen molar-refractivity contribution in [3.05, 3.63) is 58.1 Å². The average Bonchev–Trinajstić information content (AvgIpc) is 2.81. The van der Waals surface area contributed by atoms with Crippen molar-refractivity contribution >= 4 is 28.7 Å². The first kappa shape index (κ1) is 20.0. The molecule has 0 bridgehead atoms. The van der Waals surface area contributed by atoms with E-state index in [0.29, 0.717) is 25.1 Å². The summed E-state index contributed by atoms with van der Waals surface area (Å²) < 4.78 is 38.1. The molecule has 1 N–H and O–H groups in total. The second-order valence-corrected chi connectivity index (χ2v) is 7.45. The molecule has 4 rings (SSSR count). The minimum atomic E-state index is -4.93. The van der Waals surface area contributed by atoms with Crippen LogP contribution in [0, 0.1) is 10.1 Å². The molecule has 2 aromatic carbocycles. The van der Waals surface area contributed by atoms with Crippen molar-refractivity contribution in [2.45, 2.75) is 31.1 Å². The van der Waals surface area contributed by atoms with Crippen molar-refractivity contribution in [3.8, 4) is 0 Å². The standard InChI is InChI=1S/C20H19F3N4O3/c1-25-15-5-3-2-4-14(15)17-10-12(24-19(28)20(21,22)23)8-9-26(17)16-7-6-13(27(29)30)11-18(16)25/h2-7,11-12,17H,8-10H2,1H3,(H,24,28)/t12-,17+/m0/s1. The topological polar surface area (TPSA) is 78.7 Å². The van der Waals surface area contributed by atoms with E-state index in [1.54, 1.807) is 6.07 Å². The summed E-state index contributed by atoms with van der Waals surface area (Å²) in [5.41, 5.74) is 3.09. The lowest BCUT2D eigenvalue weighted by atomic mass is 9.90. The van der Waals surface area contributed by atoms with Gasteiger partial charge in [0.2, 0.25) is 0 Å². The van der Waals surface area contributed by atoms with E-state index in [4.69, 9.17) is 0 Å². The lowest BCUT2D eigenvalue weighted by molar-refractivity contribution is -0.384. The molecule has 10 heteroatoms. The molecule has 0 radical (unpaired) electrons. The SMILES string of the molecule is CN1c2ccccc2[C@H]2C[C@@H](NC(=O)C(F)(F)F)CCN2c2ccc([N+](=O)[O-])cc21. The van der Waals surface area contributed by atoms with Gasteiger partial charge in [0.1, 0.15) is 0 Å². The summed E-state index contributed by atoms with van der Waals surface area (Å²) in [6.07, 6.45) is -4.30. The lowest BCUT2D eigenvalue weighted by Crippen LogP contribution is -2.49. The molecule has 158 valence electrons. The molecule has 30 heavy (non-hydrogen) atoms. The van der Waals surface area contributed by atoms with Crippen LogP contribution in [0.25, 0.3) is 0 Å². The van der Waals surface area contributed by atoms with Gasteiger partial charge in [-0.05, 0) is 30.5 Å². The molecular formula is C20H19F3N4O3. The first-order valence-corrected chi connectivity index (χ1v) is 9.42. The van der Waals surface area contributed by atoms with Gasteiger partial charge in [-0.15, -0.1) is 0 Å². The Bertz CT molecular complexity index is 1010. The monoisotopic (exact) mass is 420 g/mol. The van der Waals surface area contributed by atoms with Gasteiger partial charge in [0, 0.05) is 37.5 Å². The zero-order chi connectivity index (χ0) is 21.6. The largest absolute Gasteiger partial charge is 0.471 e. The molecule has 0 aliphatic carbocycles. The number of halogens is 3. The summed E-state index contributed by atoms with van der Waals surface area (Å²) in [7, 11) is 1.81. The molecule has 1 fully saturated rings. The van der Waals surface area contributed by atoms with Crippen LogP contribution in [0.2, 0.25) is 0 Å². The Morgan fingerprint density at radius 3 is 2.60 bits per heavy atom. The van der Waals surface area contributed by atoms with E-state index < -0.39 is 23.0 Å². The third-order valence-corrected chi connectivity index (χ3v) is 5.69. The summed E-state index contributed by atoms with van der Waals surface area (Å²) in [5, 5.41) is 13.4. The number of benzene rings is 2. The molecule has 7 nitrogen and oxygen atoms in total. The second kappa shape index (κ2) is 7.19. The second-order valence-electron chi connectivity index (χ2n) is 7.45. The molecule has 0 unspecified atom stereocenters. The maximum Gasteiger partial charge on any atom is 0.471 e. The fourth-order valence-corrected chi connectivity index (χ4v) is 4.29. The highest BCUT2D eigenvalue weighted by Crippen LogP contribution is 2.48. The smallest absolute Gasteiger partial charge is 0.363 e. The molecule has 2 aromatic rings. The number of hydrogen-bond donors (Lipinski definition) is 1. The van der Waals surface area contributed by atoms with Crippen LogP contribution in [-0.2, 0) is 4.79 Å². The fraction of sp³-hybridized carbons (Fsp3) is 0.350. The van der Waals surface area contributed by atoms with Gasteiger partial charge in [0.05, 0.1) is 22.3 Å². The molecule has 1 saturated heterocycles. The van der Waals surface area contributed by atoms with Crippen molar-refractivity contribution in [2.75, 3.05) is 23.4 Å². The summed E-state index contributed by atoms with van der Waals surface area (Å²) in [6.45, 7) is 0.403. The van der Waals surface area contributed by atoms with Crippen LogP contribution in [0.4, 0.5) is 35.9 Å². The van der Waals surface area contributed by atoms with Crippen molar-refractivity contribution in [1.29, 1.82) is 0 Å². The number of fused-ring (bicyclic) bond motifs is 5. The molecule has 2 atom stereocenters. The number of carbonyl (C=O) groups excluding carboxylic acids is 1. The molecule has 2 aliphatic rings. The number of piperidine rings is 1. The van der Waals surface area contributed by atoms with Gasteiger partial charge in [-0.3, -0.25) is 14.9 Å². The summed E-state index contributed by atoms with van der Waals surface area (Å²) >= 11 is 0. The summed E-state index contributed by atoms with van der Waals surface area (Å²) in [6, 6.07) is 11.2. The van der Waals surface area contributed by atoms with Crippen LogP contribution < -0.4 is 15.1 Å². The first-order valence-electron chi connectivity index (χ1n) is 9.42. The Morgan fingerprint density at radius 2 is 1.90 bits per heavy atom. The predicted molar refractivity (Wildman–Crippen MR) is 105 cm³/mol. The molecular weight excluding hydrogens is 401 g/mol. The van der Waals surface area contributed by atoms with E-state index in [-0.39, 0.29) is 11.7 Å². The van der Waals surface area contributed by atoms with E-state index >= 15 is 0 Å². The number of nitro groups is 1. The first-order chi connectivity index (χ1) is 14.2. The van der Waals surface area contributed by atoms with Crippen LogP contribution in [0.15, 0.2) is 42.5 Å². The van der Waals surface area contributed by atoms with Crippen LogP contribution in [0.5, 0.6) is 0 Å². The maximum atomic E-state index is 12.7. The Hall–Kier alpha value is -3.30. The highest BCUT2D eigenvalue weighted by atomic mass is 19.4. The van der Waals surface area contributed by atoms with Crippen molar-refractivity contribution in [2.24, 2.45) is 0 Å². The van der Waals surface area contributed by atoms with Gasteiger partial charge in [0.15, 0.2) is 0 Å². The van der Waals surface area contributed by atoms with E-state index in [9.17, 15) is 28.1 Å². The van der Waals surface area contributed by atoms with Crippen LogP contribution in [-0.4, -0.2) is 36.6 Å². The van der Waals surface area contributed by atoms with E-state index in [1.807, 2.05) is 36.2 Å². The number of carbonyl (C=O) groups is 1. The number of nitrogens with zero attached hydrogens (tertiary/aromatic N) is 3. The molecule has 0 saturated carbocycles. The van der Waals surface area contributed by atoms with Crippen molar-refractivity contribution < 1.29 is 22.9 Å². The molecule has 2 aliphatic heterocycles. The van der Waals surface area contributed by atoms with E-state index in [0.717, 1.165) is 16.9 Å². The number of hydrogen-bond acceptors (Lipinski definition) is 5. The molecule has 1 amide bonds. The number of nitrogens with one attached hydrogen (secondary N) is 1. The highest BCUT2D eigenvalue weighted by molar-refractivity contribution is 5.84. The molecule has 0 spiro atoms. The Labute approximate surface area is 170 Å². The number of alkyl halides is 3. The third-order valence-electron chi connectivity index (χ3n) is 5.69. The number of anilines is 3. The number of amides is 1. The summed E-state index contributed by atoms with van der Waals surface area (Å²) in [4.78, 5) is 26.2. The van der Waals surface area contributed by atoms with Gasteiger partial charge in [0.25, 0.3) is 5.69 Å². The maximum absolute atomic E-state index is 12.7. The molecule has 2 heterocycles. The zero-order valence-electron chi connectivity index (χ0n) is 16.0. The minimum absolute atomic E-state index is 0.0381. The van der Waals surface area contributed by atoms with Crippen molar-refractivity contribution in [1.82, 2.24) is 5.32 Å². The summed E-state index contributed by atoms with van der Waals surface area (Å²) in [5.74, 6) is -1.93. The van der Waals surface area contributed by atoms with Gasteiger partial charge in [-0.2, -0.15) is 13.2 Å². The van der Waals surface area contributed by atoms with E-state index in [2.05, 4.69) is 10.2 Å².